The molecular weight excluding hydrogens is 134 g/mol. The Morgan fingerprint density at radius 3 is 2.89 bits per heavy atom. The van der Waals surface area contributed by atoms with Crippen LogP contribution in [0.1, 0.15) is 26.2 Å². The van der Waals surface area contributed by atoms with Crippen LogP contribution in [0.15, 0.2) is 0 Å². The summed E-state index contributed by atoms with van der Waals surface area (Å²) >= 11 is 1.42. The lowest BCUT2D eigenvalue weighted by Crippen LogP contribution is -1.98. The Balaban J connectivity index is 2.66. The molecule has 0 aliphatic rings. The highest BCUT2D eigenvalue weighted by molar-refractivity contribution is 7.97. The van der Waals surface area contributed by atoms with Crippen LogP contribution in [-0.2, 0) is 4.79 Å². The molecule has 2 nitrogen and oxygen atoms in total. The first-order chi connectivity index (χ1) is 4.41. The Bertz CT molecular complexity index is 68.1. The monoisotopic (exact) mass is 146 g/mol. The van der Waals surface area contributed by atoms with E-state index in [-0.39, 0.29) is 0 Å². The normalized spacial score (nSPS) is 9.00. The van der Waals surface area contributed by atoms with Crippen LogP contribution >= 0.6 is 11.9 Å². The van der Waals surface area contributed by atoms with Gasteiger partial charge in [-0.1, -0.05) is 31.7 Å². The molecule has 0 saturated carbocycles. The molecule has 3 heteroatoms. The summed E-state index contributed by atoms with van der Waals surface area (Å²) in [4.78, 5) is 9.58. The van der Waals surface area contributed by atoms with Crippen LogP contribution in [0.4, 0.5) is 0 Å². The maximum absolute atomic E-state index is 9.58. The van der Waals surface area contributed by atoms with Crippen molar-refractivity contribution in [3.63, 3.8) is 0 Å². The molecule has 0 fully saturated rings. The summed E-state index contributed by atoms with van der Waals surface area (Å²) < 4.78 is 2.42. The van der Waals surface area contributed by atoms with Crippen LogP contribution in [0.3, 0.4) is 0 Å². The van der Waals surface area contributed by atoms with E-state index in [1.807, 2.05) is 0 Å². The number of hydrogen-bond donors (Lipinski definition) is 1. The second kappa shape index (κ2) is 7.82. The Hall–Kier alpha value is -0.180. The Kier molecular flexibility index (Phi) is 7.66. The maximum Gasteiger partial charge on any atom is 0.320 e. The molecule has 0 aromatic heterocycles. The van der Waals surface area contributed by atoms with Gasteiger partial charge in [0.25, 0.3) is 0 Å². The van der Waals surface area contributed by atoms with Crippen molar-refractivity contribution in [2.75, 3.05) is 5.75 Å². The Labute approximate surface area is 60.5 Å². The van der Waals surface area contributed by atoms with Crippen molar-refractivity contribution in [2.24, 2.45) is 0 Å². The molecule has 0 aliphatic carbocycles. The number of amides is 1. The molecule has 0 atom stereocenters. The number of rotatable bonds is 6. The van der Waals surface area contributed by atoms with E-state index in [1.165, 1.54) is 31.2 Å². The summed E-state index contributed by atoms with van der Waals surface area (Å²) in [6.07, 6.45) is 5.26. The second-order valence-electron chi connectivity index (χ2n) is 1.76. The molecule has 0 rings (SSSR count). The maximum atomic E-state index is 9.58. The van der Waals surface area contributed by atoms with E-state index >= 15 is 0 Å². The minimum absolute atomic E-state index is 1.00. The Morgan fingerprint density at radius 1 is 1.56 bits per heavy atom. The number of hydrogen-bond acceptors (Lipinski definition) is 2. The summed E-state index contributed by atoms with van der Waals surface area (Å²) in [5.41, 5.74) is 0. The van der Waals surface area contributed by atoms with Gasteiger partial charge in [-0.05, 0) is 6.42 Å². The van der Waals surface area contributed by atoms with Crippen LogP contribution < -0.4 is 4.72 Å². The molecule has 9 heavy (non-hydrogen) atoms. The molecule has 1 N–H and O–H groups in total. The van der Waals surface area contributed by atoms with E-state index in [0.717, 1.165) is 5.75 Å². The second-order valence-corrected chi connectivity index (χ2v) is 2.66. The Morgan fingerprint density at radius 2 is 2.33 bits per heavy atom. The van der Waals surface area contributed by atoms with E-state index < -0.39 is 0 Å². The van der Waals surface area contributed by atoms with Crippen molar-refractivity contribution in [1.82, 2.24) is 4.72 Å². The average molecular weight is 146 g/mol. The zero-order valence-corrected chi connectivity index (χ0v) is 6.46. The number of unbranched alkanes of at least 4 members (excludes halogenated alkanes) is 2. The molecule has 1 amide bonds. The van der Waals surface area contributed by atoms with Gasteiger partial charge in [-0.2, -0.15) is 0 Å². The zero-order chi connectivity index (χ0) is 6.95. The topological polar surface area (TPSA) is 29.1 Å². The van der Waals surface area contributed by atoms with Gasteiger partial charge in [0, 0.05) is 5.75 Å². The van der Waals surface area contributed by atoms with Crippen molar-refractivity contribution in [3.8, 4) is 0 Å². The van der Waals surface area contributed by atoms with Crippen LogP contribution in [0, 0.1) is 0 Å². The summed E-state index contributed by atoms with van der Waals surface area (Å²) in [5.74, 6) is 1.00. The number of carbonyl (C=O) groups excluding carboxylic acids is 1. The predicted molar refractivity (Wildman–Crippen MR) is 40.8 cm³/mol. The SMILES string of the molecule is CCCCCSN[C]=O. The van der Waals surface area contributed by atoms with Gasteiger partial charge in [-0.25, -0.2) is 0 Å². The highest BCUT2D eigenvalue weighted by Crippen LogP contribution is 2.00. The molecule has 0 aromatic carbocycles. The third-order valence-corrected chi connectivity index (χ3v) is 1.68. The third kappa shape index (κ3) is 7.82. The van der Waals surface area contributed by atoms with Crippen LogP contribution in [-0.4, -0.2) is 12.2 Å². The first kappa shape index (κ1) is 8.82. The van der Waals surface area contributed by atoms with Crippen molar-refractivity contribution >= 4 is 18.4 Å². The average Bonchev–Trinajstić information content (AvgIpc) is 1.89. The van der Waals surface area contributed by atoms with Crippen LogP contribution in [0.2, 0.25) is 0 Å². The van der Waals surface area contributed by atoms with Gasteiger partial charge >= 0.3 is 6.41 Å². The molecule has 0 aliphatic heterocycles. The first-order valence-corrected chi connectivity index (χ1v) is 4.14. The summed E-state index contributed by atoms with van der Waals surface area (Å²) in [5, 5.41) is 0. The van der Waals surface area contributed by atoms with Crippen molar-refractivity contribution in [2.45, 2.75) is 26.2 Å². The minimum Gasteiger partial charge on any atom is -0.292 e. The van der Waals surface area contributed by atoms with Crippen molar-refractivity contribution in [1.29, 1.82) is 0 Å². The lowest BCUT2D eigenvalue weighted by Gasteiger charge is -1.94. The molecule has 0 unspecified atom stereocenters. The van der Waals surface area contributed by atoms with E-state index in [9.17, 15) is 4.79 Å². The van der Waals surface area contributed by atoms with Crippen LogP contribution in [0.5, 0.6) is 0 Å². The fraction of sp³-hybridized carbons (Fsp3) is 0.833. The molecular formula is C6H12NOS. The van der Waals surface area contributed by atoms with E-state index in [4.69, 9.17) is 0 Å². The quantitative estimate of drug-likeness (QED) is 0.349. The van der Waals surface area contributed by atoms with Gasteiger partial charge in [0.05, 0.1) is 0 Å². The lowest BCUT2D eigenvalue weighted by molar-refractivity contribution is 0.554. The molecule has 0 saturated heterocycles. The van der Waals surface area contributed by atoms with Gasteiger partial charge in [-0.15, -0.1) is 0 Å². The molecule has 0 spiro atoms. The lowest BCUT2D eigenvalue weighted by atomic mass is 10.3. The van der Waals surface area contributed by atoms with Gasteiger partial charge in [0.1, 0.15) is 0 Å². The molecule has 0 heterocycles. The van der Waals surface area contributed by atoms with Gasteiger partial charge in [0.15, 0.2) is 0 Å². The highest BCUT2D eigenvalue weighted by Gasteiger charge is 1.85. The van der Waals surface area contributed by atoms with Gasteiger partial charge in [-0.3, -0.25) is 9.52 Å². The number of nitrogens with one attached hydrogen (secondary N) is 1. The standard InChI is InChI=1S/C6H12NOS/c1-2-3-4-5-9-7-6-8/h2-5H2,1H3,(H,7,8). The summed E-state index contributed by atoms with van der Waals surface area (Å²) in [6.45, 7) is 2.16. The van der Waals surface area contributed by atoms with E-state index in [1.54, 1.807) is 6.41 Å². The molecule has 0 bridgehead atoms. The van der Waals surface area contributed by atoms with E-state index in [2.05, 4.69) is 11.6 Å². The fourth-order valence-corrected chi connectivity index (χ4v) is 1.01. The van der Waals surface area contributed by atoms with Crippen molar-refractivity contribution < 1.29 is 4.79 Å². The highest BCUT2D eigenvalue weighted by atomic mass is 32.2. The van der Waals surface area contributed by atoms with E-state index in [0.29, 0.717) is 0 Å². The zero-order valence-electron chi connectivity index (χ0n) is 5.64. The smallest absolute Gasteiger partial charge is 0.292 e. The fourth-order valence-electron chi connectivity index (χ4n) is 0.505. The van der Waals surface area contributed by atoms with Crippen molar-refractivity contribution in [3.05, 3.63) is 0 Å². The van der Waals surface area contributed by atoms with Crippen LogP contribution in [0.25, 0.3) is 0 Å². The molecule has 1 radical (unpaired) electrons. The van der Waals surface area contributed by atoms with Gasteiger partial charge < -0.3 is 0 Å². The minimum atomic E-state index is 1.00. The molecule has 53 valence electrons. The first-order valence-electron chi connectivity index (χ1n) is 3.15. The summed E-state index contributed by atoms with van der Waals surface area (Å²) in [7, 11) is 0. The largest absolute Gasteiger partial charge is 0.320 e. The van der Waals surface area contributed by atoms with Gasteiger partial charge in [0.2, 0.25) is 0 Å². The molecule has 0 aromatic rings. The predicted octanol–water partition coefficient (Wildman–Crippen LogP) is 1.48. The third-order valence-electron chi connectivity index (χ3n) is 0.964. The summed E-state index contributed by atoms with van der Waals surface area (Å²) in [6, 6.07) is 0.